The van der Waals surface area contributed by atoms with E-state index in [1.165, 1.54) is 4.57 Å². The number of nitrogens with zero attached hydrogens (tertiary/aromatic N) is 2. The van der Waals surface area contributed by atoms with Gasteiger partial charge in [-0.1, -0.05) is 50.6 Å². The Labute approximate surface area is 191 Å². The number of Topliss-reactive ketones (excluding diaryl/α,β-unsaturated/α-hetero) is 1. The quantitative estimate of drug-likeness (QED) is 0.365. The average molecular weight is 459 g/mol. The largest absolute Gasteiger partial charge is 0.456 e. The molecular formula is C23H30N4O6. The van der Waals surface area contributed by atoms with Crippen molar-refractivity contribution in [3.8, 4) is 0 Å². The molecule has 0 saturated carbocycles. The number of benzene rings is 1. The molecule has 10 nitrogen and oxygen atoms in total. The van der Waals surface area contributed by atoms with E-state index in [4.69, 9.17) is 10.5 Å². The lowest BCUT2D eigenvalue weighted by molar-refractivity contribution is -0.147. The average Bonchev–Trinajstić information content (AvgIpc) is 2.81. The molecule has 1 aromatic carbocycles. The van der Waals surface area contributed by atoms with Gasteiger partial charge in [-0.15, -0.1) is 0 Å². The van der Waals surface area contributed by atoms with E-state index in [9.17, 15) is 24.0 Å². The second-order valence-corrected chi connectivity index (χ2v) is 7.49. The Morgan fingerprint density at radius 2 is 1.76 bits per heavy atom. The number of ether oxygens (including phenoxy) is 1. The SMILES string of the molecule is CCCCN(C(=O)COC(=O)CCC(=O)c1ccccc1)c1c(N)n(CCC)c(=O)[nH]c1=O. The van der Waals surface area contributed by atoms with Crippen molar-refractivity contribution in [3.05, 3.63) is 56.7 Å². The van der Waals surface area contributed by atoms with E-state index in [0.29, 0.717) is 18.4 Å². The van der Waals surface area contributed by atoms with Gasteiger partial charge in [0, 0.05) is 25.1 Å². The third-order valence-electron chi connectivity index (χ3n) is 4.98. The van der Waals surface area contributed by atoms with Gasteiger partial charge in [0.25, 0.3) is 11.5 Å². The van der Waals surface area contributed by atoms with Crippen molar-refractivity contribution >= 4 is 29.2 Å². The van der Waals surface area contributed by atoms with Crippen LogP contribution in [0.3, 0.4) is 0 Å². The number of hydrogen-bond donors (Lipinski definition) is 2. The summed E-state index contributed by atoms with van der Waals surface area (Å²) in [5.74, 6) is -1.68. The molecule has 1 aromatic heterocycles. The first-order chi connectivity index (χ1) is 15.8. The number of rotatable bonds is 12. The fourth-order valence-electron chi connectivity index (χ4n) is 3.24. The van der Waals surface area contributed by atoms with E-state index >= 15 is 0 Å². The van der Waals surface area contributed by atoms with Gasteiger partial charge in [0.05, 0.1) is 6.42 Å². The van der Waals surface area contributed by atoms with Crippen LogP contribution in [0.15, 0.2) is 39.9 Å². The summed E-state index contributed by atoms with van der Waals surface area (Å²) in [6.07, 6.45) is 1.66. The first kappa shape index (κ1) is 25.6. The predicted molar refractivity (Wildman–Crippen MR) is 124 cm³/mol. The molecule has 1 heterocycles. The van der Waals surface area contributed by atoms with Crippen molar-refractivity contribution in [1.82, 2.24) is 9.55 Å². The van der Waals surface area contributed by atoms with Crippen molar-refractivity contribution in [2.24, 2.45) is 0 Å². The summed E-state index contributed by atoms with van der Waals surface area (Å²) in [7, 11) is 0. The van der Waals surface area contributed by atoms with Crippen LogP contribution in [0.1, 0.15) is 56.3 Å². The van der Waals surface area contributed by atoms with E-state index in [1.807, 2.05) is 13.8 Å². The van der Waals surface area contributed by atoms with Crippen LogP contribution in [-0.4, -0.2) is 40.4 Å². The molecule has 2 rings (SSSR count). The molecule has 0 radical (unpaired) electrons. The van der Waals surface area contributed by atoms with Crippen LogP contribution in [0.5, 0.6) is 0 Å². The molecule has 0 bridgehead atoms. The van der Waals surface area contributed by atoms with E-state index in [-0.39, 0.29) is 43.2 Å². The molecule has 0 fully saturated rings. The van der Waals surface area contributed by atoms with Crippen molar-refractivity contribution < 1.29 is 19.1 Å². The number of ketones is 1. The first-order valence-corrected chi connectivity index (χ1v) is 11.0. The van der Waals surface area contributed by atoms with Crippen LogP contribution in [0.2, 0.25) is 0 Å². The molecular weight excluding hydrogens is 428 g/mol. The van der Waals surface area contributed by atoms with Gasteiger partial charge < -0.3 is 15.4 Å². The van der Waals surface area contributed by atoms with Crippen LogP contribution in [0.4, 0.5) is 11.5 Å². The monoisotopic (exact) mass is 458 g/mol. The Balaban J connectivity index is 2.10. The van der Waals surface area contributed by atoms with Crippen LogP contribution < -0.4 is 21.9 Å². The van der Waals surface area contributed by atoms with Crippen LogP contribution in [0.25, 0.3) is 0 Å². The predicted octanol–water partition coefficient (Wildman–Crippen LogP) is 1.87. The minimum absolute atomic E-state index is 0.0504. The molecule has 10 heteroatoms. The van der Waals surface area contributed by atoms with Crippen LogP contribution in [0, 0.1) is 0 Å². The van der Waals surface area contributed by atoms with Crippen molar-refractivity contribution in [1.29, 1.82) is 0 Å². The Morgan fingerprint density at radius 3 is 2.39 bits per heavy atom. The third-order valence-corrected chi connectivity index (χ3v) is 4.98. The van der Waals surface area contributed by atoms with Crippen molar-refractivity contribution in [2.45, 2.75) is 52.5 Å². The number of esters is 1. The van der Waals surface area contributed by atoms with Gasteiger partial charge >= 0.3 is 11.7 Å². The highest BCUT2D eigenvalue weighted by atomic mass is 16.5. The van der Waals surface area contributed by atoms with Gasteiger partial charge in [-0.3, -0.25) is 28.7 Å². The summed E-state index contributed by atoms with van der Waals surface area (Å²) in [4.78, 5) is 65.0. The van der Waals surface area contributed by atoms with Gasteiger partial charge in [-0.25, -0.2) is 4.79 Å². The number of unbranched alkanes of at least 4 members (excludes halogenated alkanes) is 1. The zero-order valence-electron chi connectivity index (χ0n) is 19.0. The maximum absolute atomic E-state index is 12.9. The number of anilines is 2. The minimum atomic E-state index is -0.783. The lowest BCUT2D eigenvalue weighted by atomic mass is 10.1. The molecule has 0 unspecified atom stereocenters. The topological polar surface area (TPSA) is 145 Å². The van der Waals surface area contributed by atoms with Gasteiger partial charge in [-0.05, 0) is 12.8 Å². The van der Waals surface area contributed by atoms with Crippen LogP contribution >= 0.6 is 0 Å². The lowest BCUT2D eigenvalue weighted by Gasteiger charge is -2.24. The number of H-pyrrole nitrogens is 1. The number of nitrogens with one attached hydrogen (secondary N) is 1. The molecule has 2 aromatic rings. The highest BCUT2D eigenvalue weighted by Crippen LogP contribution is 2.18. The van der Waals surface area contributed by atoms with E-state index < -0.39 is 29.7 Å². The molecule has 0 aliphatic rings. The number of nitrogens with two attached hydrogens (primary N) is 1. The number of carbonyl (C=O) groups is 3. The summed E-state index contributed by atoms with van der Waals surface area (Å²) in [5, 5.41) is 0. The highest BCUT2D eigenvalue weighted by molar-refractivity contribution is 5.98. The lowest BCUT2D eigenvalue weighted by Crippen LogP contribution is -2.43. The zero-order valence-corrected chi connectivity index (χ0v) is 19.0. The number of amides is 1. The number of aromatic amines is 1. The maximum atomic E-state index is 12.9. The fourth-order valence-corrected chi connectivity index (χ4v) is 3.24. The molecule has 0 aliphatic carbocycles. The normalized spacial score (nSPS) is 10.6. The number of hydrogen-bond acceptors (Lipinski definition) is 7. The second kappa shape index (κ2) is 12.4. The van der Waals surface area contributed by atoms with Crippen molar-refractivity contribution in [3.63, 3.8) is 0 Å². The van der Waals surface area contributed by atoms with Gasteiger partial charge in [0.15, 0.2) is 18.1 Å². The molecule has 0 aliphatic heterocycles. The van der Waals surface area contributed by atoms with Crippen LogP contribution in [-0.2, 0) is 20.9 Å². The highest BCUT2D eigenvalue weighted by Gasteiger charge is 2.25. The summed E-state index contributed by atoms with van der Waals surface area (Å²) >= 11 is 0. The third kappa shape index (κ3) is 6.90. The van der Waals surface area contributed by atoms with Gasteiger partial charge in [-0.2, -0.15) is 0 Å². The molecule has 0 saturated heterocycles. The minimum Gasteiger partial charge on any atom is -0.456 e. The zero-order chi connectivity index (χ0) is 24.4. The summed E-state index contributed by atoms with van der Waals surface area (Å²) in [5.41, 5.74) is 4.99. The fraction of sp³-hybridized carbons (Fsp3) is 0.435. The summed E-state index contributed by atoms with van der Waals surface area (Å²) in [6.45, 7) is 3.58. The summed E-state index contributed by atoms with van der Waals surface area (Å²) < 4.78 is 6.25. The number of carbonyl (C=O) groups excluding carboxylic acids is 3. The number of aromatic nitrogens is 2. The standard InChI is InChI=1S/C23H30N4O6/c1-3-5-14-26(20-21(24)27(13-4-2)23(32)25-22(20)31)18(29)15-33-19(30)12-11-17(28)16-9-7-6-8-10-16/h6-10H,3-5,11-15,24H2,1-2H3,(H,25,31,32). The van der Waals surface area contributed by atoms with E-state index in [2.05, 4.69) is 4.98 Å². The smallest absolute Gasteiger partial charge is 0.330 e. The molecule has 0 atom stereocenters. The van der Waals surface area contributed by atoms with E-state index in [1.54, 1.807) is 30.3 Å². The first-order valence-electron chi connectivity index (χ1n) is 11.0. The number of nitrogen functional groups attached to an aromatic ring is 1. The summed E-state index contributed by atoms with van der Waals surface area (Å²) in [6, 6.07) is 8.55. The Kier molecular flexibility index (Phi) is 9.59. The van der Waals surface area contributed by atoms with Gasteiger partial charge in [0.2, 0.25) is 0 Å². The molecule has 33 heavy (non-hydrogen) atoms. The molecule has 1 amide bonds. The Morgan fingerprint density at radius 1 is 1.06 bits per heavy atom. The maximum Gasteiger partial charge on any atom is 0.330 e. The molecule has 0 spiro atoms. The second-order valence-electron chi connectivity index (χ2n) is 7.49. The molecule has 178 valence electrons. The van der Waals surface area contributed by atoms with Gasteiger partial charge in [0.1, 0.15) is 5.82 Å². The van der Waals surface area contributed by atoms with E-state index in [0.717, 1.165) is 11.3 Å². The molecule has 3 N–H and O–H groups in total. The Hall–Kier alpha value is -3.69. The Bertz CT molecular complexity index is 1090. The van der Waals surface area contributed by atoms with Crippen molar-refractivity contribution in [2.75, 3.05) is 23.8 Å².